The second-order valence-electron chi connectivity index (χ2n) is 4.86. The first-order valence-electron chi connectivity index (χ1n) is 6.96. The number of para-hydroxylation sites is 1. The molecule has 21 heavy (non-hydrogen) atoms. The average molecular weight is 293 g/mol. The number of rotatable bonds is 8. The Morgan fingerprint density at radius 3 is 2.71 bits per heavy atom. The number of hydrogen-bond donors (Lipinski definition) is 3. The van der Waals surface area contributed by atoms with E-state index in [4.69, 9.17) is 10.5 Å². The van der Waals surface area contributed by atoms with Crippen LogP contribution in [0, 0.1) is 0 Å². The van der Waals surface area contributed by atoms with Crippen molar-refractivity contribution in [2.75, 3.05) is 25.6 Å². The van der Waals surface area contributed by atoms with Crippen LogP contribution in [0.4, 0.5) is 5.69 Å². The lowest BCUT2D eigenvalue weighted by Crippen LogP contribution is -2.28. The molecule has 0 spiro atoms. The lowest BCUT2D eigenvalue weighted by Gasteiger charge is -2.12. The SMILES string of the molecule is COCCNC(=O)c1ccccc1NC(=O)CCC(C)N. The van der Waals surface area contributed by atoms with Crippen LogP contribution in [0.25, 0.3) is 0 Å². The monoisotopic (exact) mass is 293 g/mol. The smallest absolute Gasteiger partial charge is 0.253 e. The van der Waals surface area contributed by atoms with Gasteiger partial charge in [0.15, 0.2) is 0 Å². The van der Waals surface area contributed by atoms with Crippen molar-refractivity contribution in [1.82, 2.24) is 5.32 Å². The maximum atomic E-state index is 12.0. The summed E-state index contributed by atoms with van der Waals surface area (Å²) in [6.45, 7) is 2.71. The standard InChI is InChI=1S/C15H23N3O3/c1-11(16)7-8-14(19)18-13-6-4-3-5-12(13)15(20)17-9-10-21-2/h3-6,11H,7-10,16H2,1-2H3,(H,17,20)(H,18,19). The van der Waals surface area contributed by atoms with Gasteiger partial charge in [-0.2, -0.15) is 0 Å². The molecule has 0 radical (unpaired) electrons. The summed E-state index contributed by atoms with van der Waals surface area (Å²) in [5.41, 5.74) is 6.56. The predicted molar refractivity (Wildman–Crippen MR) is 82.2 cm³/mol. The number of carbonyl (C=O) groups is 2. The fourth-order valence-corrected chi connectivity index (χ4v) is 1.72. The van der Waals surface area contributed by atoms with E-state index in [0.717, 1.165) is 0 Å². The second-order valence-corrected chi connectivity index (χ2v) is 4.86. The summed E-state index contributed by atoms with van der Waals surface area (Å²) in [6.07, 6.45) is 0.936. The number of hydrogen-bond acceptors (Lipinski definition) is 4. The van der Waals surface area contributed by atoms with Crippen molar-refractivity contribution in [2.45, 2.75) is 25.8 Å². The van der Waals surface area contributed by atoms with Crippen molar-refractivity contribution in [1.29, 1.82) is 0 Å². The third kappa shape index (κ3) is 6.37. The zero-order chi connectivity index (χ0) is 15.7. The lowest BCUT2D eigenvalue weighted by molar-refractivity contribution is -0.116. The summed E-state index contributed by atoms with van der Waals surface area (Å²) in [6, 6.07) is 6.87. The zero-order valence-electron chi connectivity index (χ0n) is 12.5. The highest BCUT2D eigenvalue weighted by Gasteiger charge is 2.12. The molecule has 0 heterocycles. The highest BCUT2D eigenvalue weighted by atomic mass is 16.5. The van der Waals surface area contributed by atoms with Gasteiger partial charge in [-0.05, 0) is 25.5 Å². The summed E-state index contributed by atoms with van der Waals surface area (Å²) in [5, 5.41) is 5.48. The van der Waals surface area contributed by atoms with E-state index in [0.29, 0.717) is 37.2 Å². The minimum atomic E-state index is -0.241. The molecule has 1 atom stereocenters. The molecule has 0 aliphatic carbocycles. The quantitative estimate of drug-likeness (QED) is 0.626. The first-order chi connectivity index (χ1) is 10.0. The molecule has 4 N–H and O–H groups in total. The van der Waals surface area contributed by atoms with Crippen LogP contribution in [0.2, 0.25) is 0 Å². The highest BCUT2D eigenvalue weighted by molar-refractivity contribution is 6.03. The summed E-state index contributed by atoms with van der Waals surface area (Å²) in [5.74, 6) is -0.389. The Morgan fingerprint density at radius 1 is 1.33 bits per heavy atom. The summed E-state index contributed by atoms with van der Waals surface area (Å²) in [7, 11) is 1.57. The maximum Gasteiger partial charge on any atom is 0.253 e. The van der Waals surface area contributed by atoms with Crippen molar-refractivity contribution < 1.29 is 14.3 Å². The molecular weight excluding hydrogens is 270 g/mol. The van der Waals surface area contributed by atoms with Crippen molar-refractivity contribution in [3.8, 4) is 0 Å². The van der Waals surface area contributed by atoms with Crippen LogP contribution < -0.4 is 16.4 Å². The van der Waals surface area contributed by atoms with E-state index in [1.54, 1.807) is 31.4 Å². The summed E-state index contributed by atoms with van der Waals surface area (Å²) < 4.78 is 4.88. The van der Waals surface area contributed by atoms with Crippen LogP contribution in [0.15, 0.2) is 24.3 Å². The molecule has 1 unspecified atom stereocenters. The van der Waals surface area contributed by atoms with E-state index in [-0.39, 0.29) is 17.9 Å². The molecule has 0 bridgehead atoms. The molecule has 1 aromatic carbocycles. The van der Waals surface area contributed by atoms with E-state index in [1.807, 2.05) is 6.92 Å². The number of amides is 2. The van der Waals surface area contributed by atoms with Gasteiger partial charge in [-0.15, -0.1) is 0 Å². The minimum Gasteiger partial charge on any atom is -0.383 e. The van der Waals surface area contributed by atoms with Gasteiger partial charge in [0.1, 0.15) is 0 Å². The van der Waals surface area contributed by atoms with Gasteiger partial charge in [-0.25, -0.2) is 0 Å². The van der Waals surface area contributed by atoms with Crippen molar-refractivity contribution in [3.05, 3.63) is 29.8 Å². The van der Waals surface area contributed by atoms with Crippen LogP contribution >= 0.6 is 0 Å². The fourth-order valence-electron chi connectivity index (χ4n) is 1.72. The molecule has 6 heteroatoms. The lowest BCUT2D eigenvalue weighted by atomic mass is 10.1. The zero-order valence-corrected chi connectivity index (χ0v) is 12.5. The number of methoxy groups -OCH3 is 1. The Balaban J connectivity index is 2.66. The molecule has 0 aromatic heterocycles. The Bertz CT molecular complexity index is 475. The molecule has 0 aliphatic rings. The first-order valence-corrected chi connectivity index (χ1v) is 6.96. The molecule has 2 amide bonds. The van der Waals surface area contributed by atoms with Crippen LogP contribution in [0.1, 0.15) is 30.1 Å². The minimum absolute atomic E-state index is 0.0247. The van der Waals surface area contributed by atoms with E-state index in [2.05, 4.69) is 10.6 Å². The topological polar surface area (TPSA) is 93.5 Å². The van der Waals surface area contributed by atoms with E-state index < -0.39 is 0 Å². The number of benzene rings is 1. The first kappa shape index (κ1) is 17.1. The third-order valence-corrected chi connectivity index (χ3v) is 2.86. The van der Waals surface area contributed by atoms with Gasteiger partial charge in [0.05, 0.1) is 17.9 Å². The number of anilines is 1. The normalized spacial score (nSPS) is 11.8. The summed E-state index contributed by atoms with van der Waals surface area (Å²) >= 11 is 0. The van der Waals surface area contributed by atoms with Gasteiger partial charge in [-0.1, -0.05) is 12.1 Å². The van der Waals surface area contributed by atoms with Gasteiger partial charge >= 0.3 is 0 Å². The Morgan fingerprint density at radius 2 is 2.05 bits per heavy atom. The van der Waals surface area contributed by atoms with E-state index >= 15 is 0 Å². The number of nitrogens with two attached hydrogens (primary N) is 1. The van der Waals surface area contributed by atoms with E-state index in [1.165, 1.54) is 0 Å². The third-order valence-electron chi connectivity index (χ3n) is 2.86. The molecule has 0 saturated heterocycles. The largest absolute Gasteiger partial charge is 0.383 e. The molecule has 0 saturated carbocycles. The number of carbonyl (C=O) groups excluding carboxylic acids is 2. The van der Waals surface area contributed by atoms with Crippen LogP contribution in [-0.2, 0) is 9.53 Å². The van der Waals surface area contributed by atoms with Crippen LogP contribution in [-0.4, -0.2) is 38.1 Å². The molecule has 0 aliphatic heterocycles. The molecular formula is C15H23N3O3. The molecule has 0 fully saturated rings. The van der Waals surface area contributed by atoms with Crippen LogP contribution in [0.5, 0.6) is 0 Å². The van der Waals surface area contributed by atoms with Gasteiger partial charge in [-0.3, -0.25) is 9.59 Å². The Kier molecular flexibility index (Phi) is 7.42. The van der Waals surface area contributed by atoms with Crippen LogP contribution in [0.3, 0.4) is 0 Å². The molecule has 1 rings (SSSR count). The van der Waals surface area contributed by atoms with Crippen molar-refractivity contribution >= 4 is 17.5 Å². The van der Waals surface area contributed by atoms with E-state index in [9.17, 15) is 9.59 Å². The highest BCUT2D eigenvalue weighted by Crippen LogP contribution is 2.15. The van der Waals surface area contributed by atoms with Gasteiger partial charge in [0, 0.05) is 26.1 Å². The Labute approximate surface area is 125 Å². The van der Waals surface area contributed by atoms with Gasteiger partial charge < -0.3 is 21.1 Å². The number of ether oxygens (including phenoxy) is 1. The van der Waals surface area contributed by atoms with Gasteiger partial charge in [0.2, 0.25) is 5.91 Å². The van der Waals surface area contributed by atoms with Crippen molar-refractivity contribution in [2.24, 2.45) is 5.73 Å². The molecule has 6 nitrogen and oxygen atoms in total. The maximum absolute atomic E-state index is 12.0. The number of nitrogens with one attached hydrogen (secondary N) is 2. The fraction of sp³-hybridized carbons (Fsp3) is 0.467. The summed E-state index contributed by atoms with van der Waals surface area (Å²) in [4.78, 5) is 23.9. The predicted octanol–water partition coefficient (Wildman–Crippen LogP) is 1.13. The average Bonchev–Trinajstić information content (AvgIpc) is 2.46. The second kappa shape index (κ2) is 9.10. The van der Waals surface area contributed by atoms with Gasteiger partial charge in [0.25, 0.3) is 5.91 Å². The molecule has 1 aromatic rings. The van der Waals surface area contributed by atoms with Crippen molar-refractivity contribution in [3.63, 3.8) is 0 Å². The molecule has 116 valence electrons. The Hall–Kier alpha value is -1.92.